The number of methoxy groups -OCH3 is 1. The summed E-state index contributed by atoms with van der Waals surface area (Å²) >= 11 is 1.86. The summed E-state index contributed by atoms with van der Waals surface area (Å²) in [6, 6.07) is 13.3. The lowest BCUT2D eigenvalue weighted by atomic mass is 10.0. The first-order chi connectivity index (χ1) is 9.65. The maximum atomic E-state index is 5.48. The van der Waals surface area contributed by atoms with E-state index in [0.717, 1.165) is 12.2 Å². The van der Waals surface area contributed by atoms with Crippen LogP contribution in [0.5, 0.6) is 5.75 Å². The third kappa shape index (κ3) is 3.41. The van der Waals surface area contributed by atoms with E-state index in [1.807, 2.05) is 23.5 Å². The van der Waals surface area contributed by atoms with Crippen molar-refractivity contribution in [3.63, 3.8) is 0 Å². The van der Waals surface area contributed by atoms with Gasteiger partial charge in [-0.25, -0.2) is 0 Å². The molecule has 0 bridgehead atoms. The van der Waals surface area contributed by atoms with Crippen LogP contribution in [0.15, 0.2) is 36.4 Å². The second-order valence-corrected chi connectivity index (χ2v) is 6.36. The summed E-state index contributed by atoms with van der Waals surface area (Å²) in [6.07, 6.45) is 1.04. The molecule has 0 radical (unpaired) electrons. The van der Waals surface area contributed by atoms with E-state index in [1.54, 1.807) is 7.11 Å². The number of hydrogen-bond acceptors (Lipinski definition) is 3. The highest BCUT2D eigenvalue weighted by Crippen LogP contribution is 2.30. The van der Waals surface area contributed by atoms with Crippen LogP contribution in [0.4, 0.5) is 0 Å². The van der Waals surface area contributed by atoms with Crippen LogP contribution in [0.3, 0.4) is 0 Å². The fourth-order valence-corrected chi connectivity index (χ4v) is 3.34. The highest BCUT2D eigenvalue weighted by atomic mass is 32.1. The van der Waals surface area contributed by atoms with E-state index in [-0.39, 0.29) is 0 Å². The molecule has 2 nitrogen and oxygen atoms in total. The molecular formula is C17H23NOS. The smallest absolute Gasteiger partial charge is 0.123 e. The molecule has 1 N–H and O–H groups in total. The van der Waals surface area contributed by atoms with Gasteiger partial charge in [0.2, 0.25) is 0 Å². The largest absolute Gasteiger partial charge is 0.496 e. The molecule has 0 aliphatic rings. The summed E-state index contributed by atoms with van der Waals surface area (Å²) in [5, 5.41) is 3.72. The number of thiophene rings is 1. The highest BCUT2D eigenvalue weighted by Gasteiger charge is 2.17. The molecule has 108 valence electrons. The van der Waals surface area contributed by atoms with Crippen LogP contribution >= 0.6 is 11.3 Å². The molecular weight excluding hydrogens is 266 g/mol. The van der Waals surface area contributed by atoms with Crippen molar-refractivity contribution in [1.29, 1.82) is 0 Å². The van der Waals surface area contributed by atoms with Crippen molar-refractivity contribution in [2.75, 3.05) is 7.11 Å². The van der Waals surface area contributed by atoms with E-state index >= 15 is 0 Å². The Morgan fingerprint density at radius 1 is 1.20 bits per heavy atom. The van der Waals surface area contributed by atoms with Crippen molar-refractivity contribution in [3.05, 3.63) is 51.7 Å². The first-order valence-electron chi connectivity index (χ1n) is 7.11. The summed E-state index contributed by atoms with van der Waals surface area (Å²) < 4.78 is 5.48. The molecule has 0 amide bonds. The standard InChI is InChI=1S/C17H23NOS/c1-5-15(14-8-6-7-9-16(14)19-4)18-13(3)17-11-10-12(2)20-17/h6-11,13,15,18H,5H2,1-4H3. The molecule has 1 aromatic carbocycles. The zero-order chi connectivity index (χ0) is 14.5. The maximum absolute atomic E-state index is 5.48. The number of rotatable bonds is 6. The normalized spacial score (nSPS) is 14.0. The average Bonchev–Trinajstić information content (AvgIpc) is 2.91. The Morgan fingerprint density at radius 3 is 2.55 bits per heavy atom. The SMILES string of the molecule is CCC(NC(C)c1ccc(C)s1)c1ccccc1OC. The van der Waals surface area contributed by atoms with Crippen LogP contribution in [0, 0.1) is 6.92 Å². The molecule has 1 aromatic heterocycles. The number of hydrogen-bond donors (Lipinski definition) is 1. The van der Waals surface area contributed by atoms with Gasteiger partial charge in [0.05, 0.1) is 7.11 Å². The molecule has 0 saturated heterocycles. The van der Waals surface area contributed by atoms with Crippen molar-refractivity contribution in [2.45, 2.75) is 39.3 Å². The quantitative estimate of drug-likeness (QED) is 0.819. The first kappa shape index (κ1) is 15.1. The Morgan fingerprint density at radius 2 is 1.95 bits per heavy atom. The number of nitrogens with one attached hydrogen (secondary N) is 1. The van der Waals surface area contributed by atoms with E-state index in [1.165, 1.54) is 15.3 Å². The van der Waals surface area contributed by atoms with Crippen LogP contribution in [-0.2, 0) is 0 Å². The predicted molar refractivity (Wildman–Crippen MR) is 86.6 cm³/mol. The Bertz CT molecular complexity index is 549. The van der Waals surface area contributed by atoms with Gasteiger partial charge in [-0.2, -0.15) is 0 Å². The van der Waals surface area contributed by atoms with Crippen LogP contribution in [0.25, 0.3) is 0 Å². The summed E-state index contributed by atoms with van der Waals surface area (Å²) in [4.78, 5) is 2.75. The molecule has 0 aliphatic heterocycles. The molecule has 0 spiro atoms. The lowest BCUT2D eigenvalue weighted by molar-refractivity contribution is 0.389. The minimum atomic E-state index is 0.309. The molecule has 2 aromatic rings. The van der Waals surface area contributed by atoms with Gasteiger partial charge in [-0.15, -0.1) is 11.3 Å². The van der Waals surface area contributed by atoms with Crippen LogP contribution in [0.1, 0.15) is 47.7 Å². The third-order valence-electron chi connectivity index (χ3n) is 3.56. The van der Waals surface area contributed by atoms with Gasteiger partial charge in [-0.1, -0.05) is 25.1 Å². The number of ether oxygens (including phenoxy) is 1. The Hall–Kier alpha value is -1.32. The second kappa shape index (κ2) is 6.91. The first-order valence-corrected chi connectivity index (χ1v) is 7.92. The van der Waals surface area contributed by atoms with Gasteiger partial charge in [0.15, 0.2) is 0 Å². The molecule has 2 unspecified atom stereocenters. The molecule has 2 atom stereocenters. The fourth-order valence-electron chi connectivity index (χ4n) is 2.45. The minimum absolute atomic E-state index is 0.309. The second-order valence-electron chi connectivity index (χ2n) is 5.04. The monoisotopic (exact) mass is 289 g/mol. The lowest BCUT2D eigenvalue weighted by Crippen LogP contribution is -2.24. The lowest BCUT2D eigenvalue weighted by Gasteiger charge is -2.23. The molecule has 0 aliphatic carbocycles. The Balaban J connectivity index is 2.16. The van der Waals surface area contributed by atoms with Crippen LogP contribution < -0.4 is 10.1 Å². The van der Waals surface area contributed by atoms with Crippen molar-refractivity contribution in [1.82, 2.24) is 5.32 Å². The Labute approximate surface area is 125 Å². The van der Waals surface area contributed by atoms with Crippen molar-refractivity contribution in [2.24, 2.45) is 0 Å². The van der Waals surface area contributed by atoms with Gasteiger partial charge in [-0.3, -0.25) is 0 Å². The Kier molecular flexibility index (Phi) is 5.21. The zero-order valence-corrected chi connectivity index (χ0v) is 13.5. The number of aryl methyl sites for hydroxylation is 1. The molecule has 1 heterocycles. The summed E-state index contributed by atoms with van der Waals surface area (Å²) in [5.41, 5.74) is 1.23. The molecule has 3 heteroatoms. The van der Waals surface area contributed by atoms with E-state index in [9.17, 15) is 0 Å². The summed E-state index contributed by atoms with van der Waals surface area (Å²) in [5.74, 6) is 0.960. The van der Waals surface area contributed by atoms with Gasteiger partial charge >= 0.3 is 0 Å². The van der Waals surface area contributed by atoms with Crippen LogP contribution in [-0.4, -0.2) is 7.11 Å². The number of para-hydroxylation sites is 1. The fraction of sp³-hybridized carbons (Fsp3) is 0.412. The van der Waals surface area contributed by atoms with Crippen molar-refractivity contribution >= 4 is 11.3 Å². The average molecular weight is 289 g/mol. The van der Waals surface area contributed by atoms with Gasteiger partial charge in [-0.05, 0) is 38.5 Å². The highest BCUT2D eigenvalue weighted by molar-refractivity contribution is 7.12. The molecule has 0 saturated carbocycles. The summed E-state index contributed by atoms with van der Waals surface area (Å²) in [6.45, 7) is 6.58. The van der Waals surface area contributed by atoms with Crippen molar-refractivity contribution in [3.8, 4) is 5.75 Å². The predicted octanol–water partition coefficient (Wildman–Crippen LogP) is 4.87. The van der Waals surface area contributed by atoms with E-state index in [0.29, 0.717) is 12.1 Å². The van der Waals surface area contributed by atoms with Gasteiger partial charge < -0.3 is 10.1 Å². The molecule has 20 heavy (non-hydrogen) atoms. The van der Waals surface area contributed by atoms with E-state index in [4.69, 9.17) is 4.74 Å². The minimum Gasteiger partial charge on any atom is -0.496 e. The van der Waals surface area contributed by atoms with E-state index < -0.39 is 0 Å². The van der Waals surface area contributed by atoms with Gasteiger partial charge in [0.25, 0.3) is 0 Å². The van der Waals surface area contributed by atoms with Crippen molar-refractivity contribution < 1.29 is 4.74 Å². The van der Waals surface area contributed by atoms with E-state index in [2.05, 4.69) is 50.4 Å². The molecule has 2 rings (SSSR count). The topological polar surface area (TPSA) is 21.3 Å². The third-order valence-corrected chi connectivity index (χ3v) is 4.75. The number of benzene rings is 1. The van der Waals surface area contributed by atoms with Crippen LogP contribution in [0.2, 0.25) is 0 Å². The molecule has 0 fully saturated rings. The van der Waals surface area contributed by atoms with Gasteiger partial charge in [0, 0.05) is 27.4 Å². The zero-order valence-electron chi connectivity index (χ0n) is 12.6. The maximum Gasteiger partial charge on any atom is 0.123 e. The summed E-state index contributed by atoms with van der Waals surface area (Å²) in [7, 11) is 1.73. The van der Waals surface area contributed by atoms with Gasteiger partial charge in [0.1, 0.15) is 5.75 Å².